The molecule has 0 fully saturated rings. The summed E-state index contributed by atoms with van der Waals surface area (Å²) in [5.74, 6) is 1.97. The summed E-state index contributed by atoms with van der Waals surface area (Å²) in [7, 11) is 3.19. The van der Waals surface area contributed by atoms with Crippen LogP contribution in [-0.4, -0.2) is 26.7 Å². The molecule has 18 heavy (non-hydrogen) atoms. The SMILES string of the molecule is COc1cc(OC)c2c(c1)C(C(C)C)CNC2=O. The molecule has 1 N–H and O–H groups in total. The summed E-state index contributed by atoms with van der Waals surface area (Å²) in [6, 6.07) is 3.70. The molecule has 1 aliphatic heterocycles. The van der Waals surface area contributed by atoms with E-state index in [1.807, 2.05) is 6.07 Å². The second kappa shape index (κ2) is 4.88. The average Bonchev–Trinajstić information content (AvgIpc) is 2.37. The Morgan fingerprint density at radius 2 is 2.00 bits per heavy atom. The van der Waals surface area contributed by atoms with Gasteiger partial charge < -0.3 is 14.8 Å². The van der Waals surface area contributed by atoms with E-state index in [1.165, 1.54) is 0 Å². The Labute approximate surface area is 107 Å². The van der Waals surface area contributed by atoms with E-state index in [2.05, 4.69) is 19.2 Å². The van der Waals surface area contributed by atoms with E-state index in [0.717, 1.165) is 11.3 Å². The molecule has 4 heteroatoms. The fraction of sp³-hybridized carbons (Fsp3) is 0.500. The highest BCUT2D eigenvalue weighted by Crippen LogP contribution is 2.38. The van der Waals surface area contributed by atoms with E-state index in [9.17, 15) is 4.79 Å². The third kappa shape index (κ3) is 2.03. The fourth-order valence-electron chi connectivity index (χ4n) is 2.42. The van der Waals surface area contributed by atoms with Crippen molar-refractivity contribution in [2.45, 2.75) is 19.8 Å². The minimum Gasteiger partial charge on any atom is -0.497 e. The Balaban J connectivity index is 2.61. The van der Waals surface area contributed by atoms with Gasteiger partial charge in [0, 0.05) is 18.5 Å². The molecule has 0 aliphatic carbocycles. The van der Waals surface area contributed by atoms with Crippen molar-refractivity contribution in [3.05, 3.63) is 23.3 Å². The Kier molecular flexibility index (Phi) is 3.45. The van der Waals surface area contributed by atoms with Crippen molar-refractivity contribution in [3.63, 3.8) is 0 Å². The average molecular weight is 249 g/mol. The lowest BCUT2D eigenvalue weighted by atomic mass is 9.82. The summed E-state index contributed by atoms with van der Waals surface area (Å²) >= 11 is 0. The van der Waals surface area contributed by atoms with E-state index in [1.54, 1.807) is 20.3 Å². The standard InChI is InChI=1S/C14H19NO3/c1-8(2)11-7-15-14(16)13-10(11)5-9(17-3)6-12(13)18-4/h5-6,8,11H,7H2,1-4H3,(H,15,16). The number of nitrogens with one attached hydrogen (secondary N) is 1. The van der Waals surface area contributed by atoms with Crippen LogP contribution in [0.25, 0.3) is 0 Å². The molecular formula is C14H19NO3. The zero-order chi connectivity index (χ0) is 13.3. The Bertz CT molecular complexity index is 468. The van der Waals surface area contributed by atoms with E-state index in [-0.39, 0.29) is 5.91 Å². The zero-order valence-electron chi connectivity index (χ0n) is 11.2. The van der Waals surface area contributed by atoms with Gasteiger partial charge in [-0.05, 0) is 17.5 Å². The Morgan fingerprint density at radius 3 is 2.56 bits per heavy atom. The first-order chi connectivity index (χ1) is 8.58. The van der Waals surface area contributed by atoms with Gasteiger partial charge in [0.15, 0.2) is 0 Å². The first kappa shape index (κ1) is 12.7. The number of methoxy groups -OCH3 is 2. The summed E-state index contributed by atoms with van der Waals surface area (Å²) < 4.78 is 10.6. The summed E-state index contributed by atoms with van der Waals surface area (Å²) in [5, 5.41) is 2.92. The number of hydrogen-bond donors (Lipinski definition) is 1. The summed E-state index contributed by atoms with van der Waals surface area (Å²) in [4.78, 5) is 12.0. The van der Waals surface area contributed by atoms with Crippen molar-refractivity contribution in [2.24, 2.45) is 5.92 Å². The van der Waals surface area contributed by atoms with Gasteiger partial charge in [-0.1, -0.05) is 13.8 Å². The lowest BCUT2D eigenvalue weighted by Crippen LogP contribution is -2.37. The predicted octanol–water partition coefficient (Wildman–Crippen LogP) is 2.19. The monoisotopic (exact) mass is 249 g/mol. The third-order valence-corrected chi connectivity index (χ3v) is 3.48. The van der Waals surface area contributed by atoms with Crippen LogP contribution in [0.1, 0.15) is 35.7 Å². The first-order valence-corrected chi connectivity index (χ1v) is 6.12. The van der Waals surface area contributed by atoms with Gasteiger partial charge >= 0.3 is 0 Å². The number of carbonyl (C=O) groups excluding carboxylic acids is 1. The number of ether oxygens (including phenoxy) is 2. The molecular weight excluding hydrogens is 230 g/mol. The Morgan fingerprint density at radius 1 is 1.28 bits per heavy atom. The maximum atomic E-state index is 12.0. The molecule has 0 saturated carbocycles. The molecule has 1 unspecified atom stereocenters. The van der Waals surface area contributed by atoms with Gasteiger partial charge in [0.1, 0.15) is 11.5 Å². The predicted molar refractivity (Wildman–Crippen MR) is 69.5 cm³/mol. The maximum Gasteiger partial charge on any atom is 0.255 e. The quantitative estimate of drug-likeness (QED) is 0.893. The molecule has 1 aliphatic rings. The van der Waals surface area contributed by atoms with Crippen LogP contribution in [-0.2, 0) is 0 Å². The van der Waals surface area contributed by atoms with Crippen LogP contribution in [0.4, 0.5) is 0 Å². The molecule has 1 heterocycles. The maximum absolute atomic E-state index is 12.0. The second-order valence-electron chi connectivity index (χ2n) is 4.85. The minimum atomic E-state index is -0.0681. The van der Waals surface area contributed by atoms with Gasteiger partial charge in [0.25, 0.3) is 5.91 Å². The fourth-order valence-corrected chi connectivity index (χ4v) is 2.42. The highest BCUT2D eigenvalue weighted by molar-refractivity contribution is 6.00. The van der Waals surface area contributed by atoms with Crippen LogP contribution in [0.3, 0.4) is 0 Å². The molecule has 1 aromatic carbocycles. The smallest absolute Gasteiger partial charge is 0.255 e. The van der Waals surface area contributed by atoms with Gasteiger partial charge in [-0.3, -0.25) is 4.79 Å². The molecule has 1 amide bonds. The molecule has 2 rings (SSSR count). The largest absolute Gasteiger partial charge is 0.497 e. The number of carbonyl (C=O) groups is 1. The number of amides is 1. The van der Waals surface area contributed by atoms with E-state index >= 15 is 0 Å². The van der Waals surface area contributed by atoms with Gasteiger partial charge in [-0.2, -0.15) is 0 Å². The first-order valence-electron chi connectivity index (χ1n) is 6.12. The van der Waals surface area contributed by atoms with Gasteiger partial charge in [0.05, 0.1) is 19.8 Å². The van der Waals surface area contributed by atoms with Crippen LogP contribution in [0.5, 0.6) is 11.5 Å². The highest BCUT2D eigenvalue weighted by atomic mass is 16.5. The molecule has 0 saturated heterocycles. The molecule has 1 aromatic rings. The number of benzene rings is 1. The van der Waals surface area contributed by atoms with Crippen molar-refractivity contribution < 1.29 is 14.3 Å². The van der Waals surface area contributed by atoms with Crippen LogP contribution in [0.2, 0.25) is 0 Å². The van der Waals surface area contributed by atoms with Crippen molar-refractivity contribution in [1.29, 1.82) is 0 Å². The van der Waals surface area contributed by atoms with Gasteiger partial charge in [0.2, 0.25) is 0 Å². The normalized spacial score (nSPS) is 18.3. The van der Waals surface area contributed by atoms with Crippen molar-refractivity contribution >= 4 is 5.91 Å². The van der Waals surface area contributed by atoms with E-state index in [4.69, 9.17) is 9.47 Å². The van der Waals surface area contributed by atoms with Crippen molar-refractivity contribution in [2.75, 3.05) is 20.8 Å². The molecule has 98 valence electrons. The topological polar surface area (TPSA) is 47.6 Å². The summed E-state index contributed by atoms with van der Waals surface area (Å²) in [6.07, 6.45) is 0. The van der Waals surface area contributed by atoms with Crippen molar-refractivity contribution in [1.82, 2.24) is 5.32 Å². The third-order valence-electron chi connectivity index (χ3n) is 3.48. The number of rotatable bonds is 3. The second-order valence-corrected chi connectivity index (χ2v) is 4.85. The van der Waals surface area contributed by atoms with Crippen LogP contribution < -0.4 is 14.8 Å². The minimum absolute atomic E-state index is 0.0681. The molecule has 0 aromatic heterocycles. The van der Waals surface area contributed by atoms with Crippen LogP contribution in [0, 0.1) is 5.92 Å². The summed E-state index contributed by atoms with van der Waals surface area (Å²) in [6.45, 7) is 4.97. The lowest BCUT2D eigenvalue weighted by Gasteiger charge is -2.30. The lowest BCUT2D eigenvalue weighted by molar-refractivity contribution is 0.0932. The molecule has 4 nitrogen and oxygen atoms in total. The van der Waals surface area contributed by atoms with Crippen LogP contribution >= 0.6 is 0 Å². The van der Waals surface area contributed by atoms with Crippen LogP contribution in [0.15, 0.2) is 12.1 Å². The zero-order valence-corrected chi connectivity index (χ0v) is 11.2. The molecule has 1 atom stereocenters. The van der Waals surface area contributed by atoms with Crippen molar-refractivity contribution in [3.8, 4) is 11.5 Å². The van der Waals surface area contributed by atoms with E-state index < -0.39 is 0 Å². The molecule has 0 radical (unpaired) electrons. The highest BCUT2D eigenvalue weighted by Gasteiger charge is 2.30. The molecule has 0 spiro atoms. The summed E-state index contributed by atoms with van der Waals surface area (Å²) in [5.41, 5.74) is 1.66. The number of hydrogen-bond acceptors (Lipinski definition) is 3. The molecule has 0 bridgehead atoms. The van der Waals surface area contributed by atoms with Gasteiger partial charge in [-0.15, -0.1) is 0 Å². The van der Waals surface area contributed by atoms with E-state index in [0.29, 0.717) is 29.7 Å². The van der Waals surface area contributed by atoms with Gasteiger partial charge in [-0.25, -0.2) is 0 Å². The Hall–Kier alpha value is -1.71. The number of fused-ring (bicyclic) bond motifs is 1.